The van der Waals surface area contributed by atoms with Crippen molar-refractivity contribution in [1.82, 2.24) is 3.97 Å². The minimum Gasteiger partial charge on any atom is -0.406 e. The Bertz CT molecular complexity index is 1400. The van der Waals surface area contributed by atoms with Gasteiger partial charge in [0, 0.05) is 5.39 Å². The maximum atomic E-state index is 15.7. The predicted octanol–water partition coefficient (Wildman–Crippen LogP) is 7.46. The fourth-order valence-corrected chi connectivity index (χ4v) is 7.45. The number of benzene rings is 2. The van der Waals surface area contributed by atoms with E-state index in [4.69, 9.17) is 27.6 Å². The lowest BCUT2D eigenvalue weighted by molar-refractivity contribution is -0.203. The van der Waals surface area contributed by atoms with Crippen molar-refractivity contribution in [1.29, 1.82) is 0 Å². The Labute approximate surface area is 212 Å². The Morgan fingerprint density at radius 2 is 1.66 bits per heavy atom. The van der Waals surface area contributed by atoms with E-state index in [2.05, 4.69) is 0 Å². The van der Waals surface area contributed by atoms with Gasteiger partial charge in [-0.25, -0.2) is 16.8 Å². The zero-order valence-electron chi connectivity index (χ0n) is 19.3. The van der Waals surface area contributed by atoms with E-state index in [9.17, 15) is 21.6 Å². The Balaban J connectivity index is 2.13. The number of aryl methyl sites for hydroxylation is 1. The molecule has 0 aliphatic heterocycles. The third-order valence-corrected chi connectivity index (χ3v) is 9.46. The summed E-state index contributed by atoms with van der Waals surface area (Å²) in [4.78, 5) is -0.103. The first-order valence-electron chi connectivity index (χ1n) is 10.8. The summed E-state index contributed by atoms with van der Waals surface area (Å²) in [5.41, 5.74) is 0.627. The molecule has 1 heterocycles. The molecule has 0 fully saturated rings. The first-order chi connectivity index (χ1) is 16.0. The summed E-state index contributed by atoms with van der Waals surface area (Å²) in [6, 6.07) is 8.72. The quantitative estimate of drug-likeness (QED) is 0.243. The van der Waals surface area contributed by atoms with E-state index in [1.165, 1.54) is 24.3 Å². The van der Waals surface area contributed by atoms with Crippen LogP contribution in [0.25, 0.3) is 10.9 Å². The molecule has 1 aromatic heterocycles. The Hall–Kier alpha value is -1.59. The van der Waals surface area contributed by atoms with Crippen molar-refractivity contribution in [3.63, 3.8) is 0 Å². The summed E-state index contributed by atoms with van der Waals surface area (Å²) in [5, 5.41) is -0.00103. The lowest BCUT2D eigenvalue weighted by Crippen LogP contribution is -2.45. The van der Waals surface area contributed by atoms with Gasteiger partial charge >= 0.3 is 6.18 Å². The summed E-state index contributed by atoms with van der Waals surface area (Å²) in [7, 11) is -7.03. The van der Waals surface area contributed by atoms with Gasteiger partial charge in [-0.15, -0.1) is 0 Å². The number of hydrogen-bond acceptors (Lipinski definition) is 3. The average molecular weight is 568 g/mol. The normalized spacial score (nSPS) is 21.4. The average Bonchev–Trinajstić information content (AvgIpc) is 3.07. The summed E-state index contributed by atoms with van der Waals surface area (Å²) in [6.45, 7) is 6.87. The molecule has 0 amide bonds. The molecule has 4 nitrogen and oxygen atoms in total. The van der Waals surface area contributed by atoms with Crippen molar-refractivity contribution in [3.8, 4) is 0 Å². The summed E-state index contributed by atoms with van der Waals surface area (Å²) < 4.78 is 92.1. The fourth-order valence-electron chi connectivity index (χ4n) is 4.44. The van der Waals surface area contributed by atoms with Gasteiger partial charge in [0.15, 0.2) is 8.32 Å². The molecule has 3 aromatic rings. The fraction of sp³-hybridized carbons (Fsp3) is 0.391. The smallest absolute Gasteiger partial charge is 0.395 e. The number of aromatic nitrogens is 1. The van der Waals surface area contributed by atoms with Crippen LogP contribution in [0.3, 0.4) is 0 Å². The Morgan fingerprint density at radius 1 is 1.06 bits per heavy atom. The van der Waals surface area contributed by atoms with E-state index in [1.807, 2.05) is 0 Å². The highest BCUT2D eigenvalue weighted by atomic mass is 35.5. The second kappa shape index (κ2) is 8.76. The third kappa shape index (κ3) is 4.63. The molecule has 3 unspecified atom stereocenters. The lowest BCUT2D eigenvalue weighted by atomic mass is 9.82. The van der Waals surface area contributed by atoms with Gasteiger partial charge in [-0.05, 0) is 62.8 Å². The molecule has 2 aromatic carbocycles. The van der Waals surface area contributed by atoms with Crippen molar-refractivity contribution < 1.29 is 30.4 Å². The molecule has 12 heteroatoms. The van der Waals surface area contributed by atoms with Gasteiger partial charge in [-0.1, -0.05) is 40.9 Å². The van der Waals surface area contributed by atoms with Crippen LogP contribution in [-0.4, -0.2) is 33.1 Å². The minimum atomic E-state index is -4.88. The van der Waals surface area contributed by atoms with E-state index >= 15 is 4.39 Å². The maximum absolute atomic E-state index is 15.7. The molecular formula is C23H23Cl2F4NO3SSi. The number of rotatable bonds is 4. The number of alkyl halides is 4. The first kappa shape index (κ1) is 26.5. The number of nitrogens with zero attached hydrogens (tertiary/aromatic N) is 1. The SMILES string of the molecule is Cc1ccc(S(=O)(=O)n2c3c(c4c(Cl)c(Cl)ccc42)CC(C(F)(F)F)C(F)C3O[Si](C)(C)C)cc1. The molecule has 0 spiro atoms. The molecule has 0 saturated heterocycles. The van der Waals surface area contributed by atoms with Crippen LogP contribution in [0.4, 0.5) is 17.6 Å². The van der Waals surface area contributed by atoms with Gasteiger partial charge in [0.25, 0.3) is 10.0 Å². The highest BCUT2D eigenvalue weighted by Gasteiger charge is 2.54. The summed E-state index contributed by atoms with van der Waals surface area (Å²) >= 11 is 12.6. The monoisotopic (exact) mass is 567 g/mol. The molecular weight excluding hydrogens is 545 g/mol. The molecule has 4 rings (SSSR count). The van der Waals surface area contributed by atoms with Gasteiger partial charge in [0.05, 0.1) is 32.1 Å². The molecule has 3 atom stereocenters. The minimum absolute atomic E-state index is 0.0178. The van der Waals surface area contributed by atoms with Crippen molar-refractivity contribution in [2.75, 3.05) is 0 Å². The second-order valence-corrected chi connectivity index (χ2v) is 16.7. The highest BCUT2D eigenvalue weighted by Crippen LogP contribution is 2.51. The molecule has 35 heavy (non-hydrogen) atoms. The van der Waals surface area contributed by atoms with Crippen molar-refractivity contribution >= 4 is 52.4 Å². The second-order valence-electron chi connectivity index (χ2n) is 9.65. The first-order valence-corrected chi connectivity index (χ1v) is 16.4. The van der Waals surface area contributed by atoms with Crippen LogP contribution in [0.5, 0.6) is 0 Å². The van der Waals surface area contributed by atoms with Crippen LogP contribution in [0.15, 0.2) is 41.3 Å². The number of fused-ring (bicyclic) bond motifs is 3. The topological polar surface area (TPSA) is 48.3 Å². The van der Waals surface area contributed by atoms with Crippen LogP contribution >= 0.6 is 23.2 Å². The van der Waals surface area contributed by atoms with Crippen LogP contribution in [0.2, 0.25) is 29.7 Å². The van der Waals surface area contributed by atoms with Gasteiger partial charge in [-0.2, -0.15) is 13.2 Å². The van der Waals surface area contributed by atoms with E-state index in [0.29, 0.717) is 0 Å². The maximum Gasteiger partial charge on any atom is 0.395 e. The van der Waals surface area contributed by atoms with Crippen LogP contribution in [0.1, 0.15) is 22.9 Å². The van der Waals surface area contributed by atoms with E-state index in [-0.39, 0.29) is 37.1 Å². The number of hydrogen-bond donors (Lipinski definition) is 0. The van der Waals surface area contributed by atoms with E-state index in [1.54, 1.807) is 38.7 Å². The van der Waals surface area contributed by atoms with Gasteiger partial charge in [0.1, 0.15) is 12.3 Å². The molecule has 0 bridgehead atoms. The van der Waals surface area contributed by atoms with Crippen molar-refractivity contribution in [2.24, 2.45) is 5.92 Å². The third-order valence-electron chi connectivity index (χ3n) is 5.95. The zero-order chi connectivity index (χ0) is 26.1. The zero-order valence-corrected chi connectivity index (χ0v) is 22.6. The van der Waals surface area contributed by atoms with Crippen molar-refractivity contribution in [3.05, 3.63) is 63.3 Å². The van der Waals surface area contributed by atoms with Gasteiger partial charge < -0.3 is 4.43 Å². The summed E-state index contributed by atoms with van der Waals surface area (Å²) in [6.07, 6.45) is -9.95. The van der Waals surface area contributed by atoms with Crippen LogP contribution in [0, 0.1) is 12.8 Å². The van der Waals surface area contributed by atoms with Crippen LogP contribution in [-0.2, 0) is 20.9 Å². The molecule has 1 aliphatic carbocycles. The van der Waals surface area contributed by atoms with Crippen LogP contribution < -0.4 is 0 Å². The molecule has 0 saturated carbocycles. The Morgan fingerprint density at radius 3 is 2.20 bits per heavy atom. The predicted molar refractivity (Wildman–Crippen MR) is 131 cm³/mol. The summed E-state index contributed by atoms with van der Waals surface area (Å²) in [5.74, 6) is -2.40. The largest absolute Gasteiger partial charge is 0.406 e. The van der Waals surface area contributed by atoms with Gasteiger partial charge in [-0.3, -0.25) is 0 Å². The van der Waals surface area contributed by atoms with Crippen molar-refractivity contribution in [2.45, 2.75) is 56.3 Å². The number of halogens is 6. The highest BCUT2D eigenvalue weighted by molar-refractivity contribution is 7.90. The molecule has 1 aliphatic rings. The van der Waals surface area contributed by atoms with E-state index in [0.717, 1.165) is 9.54 Å². The van der Waals surface area contributed by atoms with E-state index < -0.39 is 49.1 Å². The molecule has 190 valence electrons. The molecule has 0 radical (unpaired) electrons. The molecule has 0 N–H and O–H groups in total. The lowest BCUT2D eigenvalue weighted by Gasteiger charge is -2.38. The standard InChI is InChI=1S/C23H23Cl2F4NO3SSi/c1-12-5-7-13(8-6-12)34(31,32)30-17-10-9-16(24)19(25)18(17)14-11-15(23(27,28)29)20(26)22(21(14)30)33-35(2,3)4/h5-10,15,20,22H,11H2,1-4H3. The van der Waals surface area contributed by atoms with Gasteiger partial charge in [0.2, 0.25) is 0 Å². The Kier molecular flexibility index (Phi) is 6.63.